The molecule has 1 aliphatic rings. The van der Waals surface area contributed by atoms with Gasteiger partial charge in [0.15, 0.2) is 0 Å². The lowest BCUT2D eigenvalue weighted by Crippen LogP contribution is -2.49. The molecule has 29 heavy (non-hydrogen) atoms. The van der Waals surface area contributed by atoms with Crippen LogP contribution in [0.5, 0.6) is 0 Å². The van der Waals surface area contributed by atoms with Gasteiger partial charge in [0.1, 0.15) is 5.82 Å². The van der Waals surface area contributed by atoms with Crippen LogP contribution in [-0.2, 0) is 0 Å². The van der Waals surface area contributed by atoms with Crippen molar-refractivity contribution < 1.29 is 4.79 Å². The molecule has 0 saturated carbocycles. The molecule has 0 N–H and O–H groups in total. The van der Waals surface area contributed by atoms with Gasteiger partial charge in [-0.15, -0.1) is 0 Å². The molecule has 0 radical (unpaired) electrons. The van der Waals surface area contributed by atoms with E-state index in [9.17, 15) is 4.79 Å². The number of carbonyl (C=O) groups excluding carboxylic acids is 1. The fourth-order valence-electron chi connectivity index (χ4n) is 3.33. The Bertz CT molecular complexity index is 1050. The van der Waals surface area contributed by atoms with Crippen LogP contribution in [0.15, 0.2) is 67.1 Å². The number of piperazine rings is 1. The Hall–Kier alpha value is -3.65. The summed E-state index contributed by atoms with van der Waals surface area (Å²) in [7, 11) is 0. The van der Waals surface area contributed by atoms with Crippen molar-refractivity contribution >= 4 is 11.7 Å². The van der Waals surface area contributed by atoms with Gasteiger partial charge in [-0.3, -0.25) is 9.78 Å². The number of benzene rings is 1. The monoisotopic (exact) mass is 382 g/mol. The van der Waals surface area contributed by atoms with Crippen molar-refractivity contribution in [3.05, 3.63) is 89.4 Å². The largest absolute Gasteiger partial charge is 0.353 e. The maximum Gasteiger partial charge on any atom is 0.254 e. The van der Waals surface area contributed by atoms with E-state index in [-0.39, 0.29) is 5.91 Å². The van der Waals surface area contributed by atoms with Gasteiger partial charge in [-0.1, -0.05) is 24.0 Å². The van der Waals surface area contributed by atoms with E-state index in [4.69, 9.17) is 0 Å². The molecule has 1 fully saturated rings. The average molecular weight is 382 g/mol. The number of aromatic nitrogens is 2. The first-order chi connectivity index (χ1) is 14.2. The summed E-state index contributed by atoms with van der Waals surface area (Å²) >= 11 is 0. The van der Waals surface area contributed by atoms with Crippen LogP contribution in [0.25, 0.3) is 0 Å². The minimum absolute atomic E-state index is 0.0534. The molecule has 144 valence electrons. The zero-order valence-electron chi connectivity index (χ0n) is 16.4. The van der Waals surface area contributed by atoms with E-state index in [1.807, 2.05) is 60.4 Å². The zero-order chi connectivity index (χ0) is 20.1. The lowest BCUT2D eigenvalue weighted by atomic mass is 10.0. The van der Waals surface area contributed by atoms with Gasteiger partial charge in [-0.2, -0.15) is 0 Å². The molecular formula is C24H22N4O. The second-order valence-electron chi connectivity index (χ2n) is 6.98. The molecule has 1 saturated heterocycles. The van der Waals surface area contributed by atoms with Crippen LogP contribution in [0.2, 0.25) is 0 Å². The second-order valence-corrected chi connectivity index (χ2v) is 6.98. The van der Waals surface area contributed by atoms with Gasteiger partial charge in [0.05, 0.1) is 0 Å². The van der Waals surface area contributed by atoms with Crippen molar-refractivity contribution in [3.63, 3.8) is 0 Å². The Labute approximate surface area is 171 Å². The summed E-state index contributed by atoms with van der Waals surface area (Å²) in [5.74, 6) is 7.35. The first-order valence-corrected chi connectivity index (χ1v) is 9.69. The molecule has 3 aromatic rings. The minimum Gasteiger partial charge on any atom is -0.353 e. The predicted molar refractivity (Wildman–Crippen MR) is 114 cm³/mol. The van der Waals surface area contributed by atoms with Crippen LogP contribution in [0.3, 0.4) is 0 Å². The number of anilines is 1. The molecule has 0 aliphatic carbocycles. The van der Waals surface area contributed by atoms with Gasteiger partial charge in [0, 0.05) is 61.5 Å². The van der Waals surface area contributed by atoms with Crippen LogP contribution < -0.4 is 4.90 Å². The molecule has 3 heterocycles. The summed E-state index contributed by atoms with van der Waals surface area (Å²) in [5, 5.41) is 0. The van der Waals surface area contributed by atoms with Gasteiger partial charge in [-0.25, -0.2) is 4.98 Å². The van der Waals surface area contributed by atoms with Gasteiger partial charge >= 0.3 is 0 Å². The predicted octanol–water partition coefficient (Wildman–Crippen LogP) is 3.15. The number of pyridine rings is 2. The van der Waals surface area contributed by atoms with Crippen LogP contribution in [-0.4, -0.2) is 47.0 Å². The van der Waals surface area contributed by atoms with E-state index in [0.29, 0.717) is 18.7 Å². The normalized spacial score (nSPS) is 13.6. The lowest BCUT2D eigenvalue weighted by Gasteiger charge is -2.35. The molecule has 1 aliphatic heterocycles. The smallest absolute Gasteiger partial charge is 0.254 e. The second kappa shape index (κ2) is 8.57. The number of carbonyl (C=O) groups is 1. The summed E-state index contributed by atoms with van der Waals surface area (Å²) in [6.45, 7) is 4.94. The summed E-state index contributed by atoms with van der Waals surface area (Å²) in [4.78, 5) is 25.5. The van der Waals surface area contributed by atoms with Crippen LogP contribution in [0.1, 0.15) is 27.0 Å². The van der Waals surface area contributed by atoms with Crippen molar-refractivity contribution in [2.24, 2.45) is 0 Å². The van der Waals surface area contributed by atoms with Crippen molar-refractivity contribution in [1.29, 1.82) is 0 Å². The van der Waals surface area contributed by atoms with Crippen molar-refractivity contribution in [2.75, 3.05) is 31.1 Å². The van der Waals surface area contributed by atoms with E-state index in [1.165, 1.54) is 0 Å². The first-order valence-electron chi connectivity index (χ1n) is 9.69. The Morgan fingerprint density at radius 2 is 1.72 bits per heavy atom. The fourth-order valence-corrected chi connectivity index (χ4v) is 3.33. The molecule has 0 spiro atoms. The minimum atomic E-state index is 0.0534. The Balaban J connectivity index is 1.46. The van der Waals surface area contributed by atoms with E-state index in [2.05, 4.69) is 26.7 Å². The van der Waals surface area contributed by atoms with E-state index in [0.717, 1.165) is 35.6 Å². The quantitative estimate of drug-likeness (QED) is 0.639. The Morgan fingerprint density at radius 1 is 0.931 bits per heavy atom. The lowest BCUT2D eigenvalue weighted by molar-refractivity contribution is 0.0746. The summed E-state index contributed by atoms with van der Waals surface area (Å²) in [5.41, 5.74) is 3.52. The third kappa shape index (κ3) is 4.44. The molecule has 5 heteroatoms. The number of hydrogen-bond acceptors (Lipinski definition) is 4. The molecular weight excluding hydrogens is 360 g/mol. The number of aryl methyl sites for hydroxylation is 1. The van der Waals surface area contributed by atoms with Crippen molar-refractivity contribution in [2.45, 2.75) is 6.92 Å². The van der Waals surface area contributed by atoms with E-state index >= 15 is 0 Å². The third-order valence-electron chi connectivity index (χ3n) is 5.05. The van der Waals surface area contributed by atoms with Crippen molar-refractivity contribution in [1.82, 2.24) is 14.9 Å². The molecule has 0 bridgehead atoms. The molecule has 5 nitrogen and oxygen atoms in total. The SMILES string of the molecule is Cc1ccc(C(=O)N2CCN(c3ccccn3)CC2)cc1C#Cc1ccncc1. The molecule has 0 atom stereocenters. The van der Waals surface area contributed by atoms with E-state index in [1.54, 1.807) is 18.6 Å². The van der Waals surface area contributed by atoms with Crippen LogP contribution >= 0.6 is 0 Å². The maximum atomic E-state index is 13.0. The molecule has 4 rings (SSSR count). The fraction of sp³-hybridized carbons (Fsp3) is 0.208. The molecule has 1 amide bonds. The first kappa shape index (κ1) is 18.7. The molecule has 1 aromatic carbocycles. The van der Waals surface area contributed by atoms with Gasteiger partial charge in [0.25, 0.3) is 5.91 Å². The topological polar surface area (TPSA) is 49.3 Å². The number of nitrogens with zero attached hydrogens (tertiary/aromatic N) is 4. The van der Waals surface area contributed by atoms with Gasteiger partial charge in [-0.05, 0) is 48.9 Å². The maximum absolute atomic E-state index is 13.0. The summed E-state index contributed by atoms with van der Waals surface area (Å²) in [6.07, 6.45) is 5.25. The van der Waals surface area contributed by atoms with Crippen LogP contribution in [0, 0.1) is 18.8 Å². The van der Waals surface area contributed by atoms with Gasteiger partial charge < -0.3 is 9.80 Å². The highest BCUT2D eigenvalue weighted by molar-refractivity contribution is 5.95. The standard InChI is InChI=1S/C24H22N4O/c1-19-5-7-22(18-21(19)8-6-20-9-12-25-13-10-20)24(29)28-16-14-27(15-17-28)23-4-2-3-11-26-23/h2-5,7,9-13,18H,14-17H2,1H3. The van der Waals surface area contributed by atoms with Gasteiger partial charge in [0.2, 0.25) is 0 Å². The molecule has 0 unspecified atom stereocenters. The van der Waals surface area contributed by atoms with Crippen molar-refractivity contribution in [3.8, 4) is 11.8 Å². The number of hydrogen-bond donors (Lipinski definition) is 0. The molecule has 2 aromatic heterocycles. The highest BCUT2D eigenvalue weighted by Gasteiger charge is 2.23. The Kier molecular flexibility index (Phi) is 5.53. The third-order valence-corrected chi connectivity index (χ3v) is 5.05. The summed E-state index contributed by atoms with van der Waals surface area (Å²) in [6, 6.07) is 15.4. The highest BCUT2D eigenvalue weighted by Crippen LogP contribution is 2.16. The average Bonchev–Trinajstić information content (AvgIpc) is 2.79. The highest BCUT2D eigenvalue weighted by atomic mass is 16.2. The van der Waals surface area contributed by atoms with Crippen LogP contribution in [0.4, 0.5) is 5.82 Å². The number of amides is 1. The number of rotatable bonds is 2. The van der Waals surface area contributed by atoms with E-state index < -0.39 is 0 Å². The Morgan fingerprint density at radius 3 is 2.45 bits per heavy atom. The summed E-state index contributed by atoms with van der Waals surface area (Å²) < 4.78 is 0. The zero-order valence-corrected chi connectivity index (χ0v) is 16.4.